The molecule has 160 valence electrons. The quantitative estimate of drug-likeness (QED) is 0.488. The first-order valence-corrected chi connectivity index (χ1v) is 10.7. The summed E-state index contributed by atoms with van der Waals surface area (Å²) in [5.41, 5.74) is 1.80. The first kappa shape index (κ1) is 19.9. The van der Waals surface area contributed by atoms with E-state index < -0.39 is 0 Å². The molecular formula is C25H23N5O2. The topological polar surface area (TPSA) is 71.5 Å². The average Bonchev–Trinajstić information content (AvgIpc) is 2.88. The Morgan fingerprint density at radius 2 is 1.62 bits per heavy atom. The molecule has 7 heteroatoms. The maximum absolute atomic E-state index is 12.7. The van der Waals surface area contributed by atoms with Gasteiger partial charge in [-0.2, -0.15) is 0 Å². The van der Waals surface area contributed by atoms with Crippen molar-refractivity contribution in [2.75, 3.05) is 37.7 Å². The third kappa shape index (κ3) is 4.23. The summed E-state index contributed by atoms with van der Waals surface area (Å²) in [6.07, 6.45) is 3.48. The van der Waals surface area contributed by atoms with Gasteiger partial charge in [0.25, 0.3) is 5.91 Å². The van der Waals surface area contributed by atoms with Crippen molar-refractivity contribution < 1.29 is 9.53 Å². The summed E-state index contributed by atoms with van der Waals surface area (Å²) in [5, 5.41) is 10.8. The van der Waals surface area contributed by atoms with E-state index in [1.165, 1.54) is 0 Å². The zero-order valence-corrected chi connectivity index (χ0v) is 17.6. The van der Waals surface area contributed by atoms with Gasteiger partial charge in [0.2, 0.25) is 0 Å². The Bertz CT molecular complexity index is 1200. The standard InChI is InChI=1S/C25H23N5O2/c31-25(18-32-23-7-3-5-19-4-1-2-6-21(19)23)30-16-14-29(15-17-30)24-9-8-22(27-28-24)20-10-12-26-13-11-20/h1-13H,14-18H2. The van der Waals surface area contributed by atoms with E-state index in [1.807, 2.05) is 71.6 Å². The van der Waals surface area contributed by atoms with E-state index in [0.717, 1.165) is 33.6 Å². The summed E-state index contributed by atoms with van der Waals surface area (Å²) in [7, 11) is 0. The van der Waals surface area contributed by atoms with Gasteiger partial charge in [0.05, 0.1) is 5.69 Å². The molecule has 0 unspecified atom stereocenters. The maximum Gasteiger partial charge on any atom is 0.260 e. The Hall–Kier alpha value is -4.00. The number of pyridine rings is 1. The molecule has 4 aromatic rings. The molecule has 2 aromatic carbocycles. The van der Waals surface area contributed by atoms with Gasteiger partial charge in [0.15, 0.2) is 12.4 Å². The molecule has 0 saturated carbocycles. The third-order valence-electron chi connectivity index (χ3n) is 5.68. The molecule has 1 amide bonds. The molecule has 32 heavy (non-hydrogen) atoms. The van der Waals surface area contributed by atoms with Crippen LogP contribution in [0.4, 0.5) is 5.82 Å². The minimum Gasteiger partial charge on any atom is -0.483 e. The minimum absolute atomic E-state index is 0.00305. The van der Waals surface area contributed by atoms with E-state index >= 15 is 0 Å². The van der Waals surface area contributed by atoms with Crippen molar-refractivity contribution in [3.05, 3.63) is 79.1 Å². The number of hydrogen-bond donors (Lipinski definition) is 0. The van der Waals surface area contributed by atoms with E-state index in [0.29, 0.717) is 26.2 Å². The molecule has 0 atom stereocenters. The van der Waals surface area contributed by atoms with E-state index in [1.54, 1.807) is 12.4 Å². The smallest absolute Gasteiger partial charge is 0.260 e. The van der Waals surface area contributed by atoms with Crippen molar-refractivity contribution in [2.24, 2.45) is 0 Å². The zero-order valence-electron chi connectivity index (χ0n) is 17.6. The summed E-state index contributed by atoms with van der Waals surface area (Å²) in [6, 6.07) is 21.7. The van der Waals surface area contributed by atoms with Gasteiger partial charge in [-0.15, -0.1) is 10.2 Å². The second-order valence-electron chi connectivity index (χ2n) is 7.65. The molecule has 0 bridgehead atoms. The summed E-state index contributed by atoms with van der Waals surface area (Å²) < 4.78 is 5.87. The number of aromatic nitrogens is 3. The number of rotatable bonds is 5. The van der Waals surface area contributed by atoms with Crippen molar-refractivity contribution in [1.29, 1.82) is 0 Å². The van der Waals surface area contributed by atoms with Gasteiger partial charge in [-0.25, -0.2) is 0 Å². The van der Waals surface area contributed by atoms with Gasteiger partial charge >= 0.3 is 0 Å². The van der Waals surface area contributed by atoms with Crippen LogP contribution in [0.25, 0.3) is 22.0 Å². The van der Waals surface area contributed by atoms with E-state index in [-0.39, 0.29) is 12.5 Å². The van der Waals surface area contributed by atoms with E-state index in [4.69, 9.17) is 4.74 Å². The van der Waals surface area contributed by atoms with E-state index in [9.17, 15) is 4.79 Å². The number of benzene rings is 2. The van der Waals surface area contributed by atoms with Crippen molar-refractivity contribution in [3.63, 3.8) is 0 Å². The van der Waals surface area contributed by atoms with Crippen molar-refractivity contribution in [2.45, 2.75) is 0 Å². The average molecular weight is 425 g/mol. The van der Waals surface area contributed by atoms with Gasteiger partial charge in [-0.1, -0.05) is 36.4 Å². The van der Waals surface area contributed by atoms with Crippen LogP contribution in [0.5, 0.6) is 5.75 Å². The highest BCUT2D eigenvalue weighted by Gasteiger charge is 2.22. The summed E-state index contributed by atoms with van der Waals surface area (Å²) in [4.78, 5) is 20.7. The van der Waals surface area contributed by atoms with Crippen LogP contribution in [0, 0.1) is 0 Å². The Morgan fingerprint density at radius 3 is 2.41 bits per heavy atom. The normalized spacial score (nSPS) is 13.9. The number of piperazine rings is 1. The number of carbonyl (C=O) groups is 1. The molecule has 0 aliphatic carbocycles. The van der Waals surface area contributed by atoms with Gasteiger partial charge in [0.1, 0.15) is 5.75 Å². The molecule has 0 spiro atoms. The van der Waals surface area contributed by atoms with Crippen LogP contribution in [0.1, 0.15) is 0 Å². The van der Waals surface area contributed by atoms with Crippen LogP contribution in [-0.2, 0) is 4.79 Å². The lowest BCUT2D eigenvalue weighted by molar-refractivity contribution is -0.133. The van der Waals surface area contributed by atoms with E-state index in [2.05, 4.69) is 20.1 Å². The summed E-state index contributed by atoms with van der Waals surface area (Å²) >= 11 is 0. The number of hydrogen-bond acceptors (Lipinski definition) is 6. The summed E-state index contributed by atoms with van der Waals surface area (Å²) in [5.74, 6) is 1.55. The summed E-state index contributed by atoms with van der Waals surface area (Å²) in [6.45, 7) is 2.72. The number of ether oxygens (including phenoxy) is 1. The fourth-order valence-corrected chi connectivity index (χ4v) is 3.91. The second kappa shape index (κ2) is 9.01. The van der Waals surface area contributed by atoms with Gasteiger partial charge in [-0.3, -0.25) is 9.78 Å². The molecule has 0 radical (unpaired) electrons. The number of carbonyl (C=O) groups excluding carboxylic acids is 1. The lowest BCUT2D eigenvalue weighted by Gasteiger charge is -2.35. The number of fused-ring (bicyclic) bond motifs is 1. The number of amides is 1. The molecule has 1 aliphatic heterocycles. The molecule has 5 rings (SSSR count). The molecule has 1 aliphatic rings. The predicted molar refractivity (Wildman–Crippen MR) is 123 cm³/mol. The van der Waals surface area contributed by atoms with Gasteiger partial charge in [0, 0.05) is 49.5 Å². The van der Waals surface area contributed by atoms with Crippen LogP contribution in [0.3, 0.4) is 0 Å². The van der Waals surface area contributed by atoms with Crippen LogP contribution < -0.4 is 9.64 Å². The highest BCUT2D eigenvalue weighted by molar-refractivity contribution is 5.88. The van der Waals surface area contributed by atoms with Crippen LogP contribution in [0.2, 0.25) is 0 Å². The lowest BCUT2D eigenvalue weighted by atomic mass is 10.1. The monoisotopic (exact) mass is 425 g/mol. The molecule has 3 heterocycles. The Kier molecular flexibility index (Phi) is 5.61. The van der Waals surface area contributed by atoms with Crippen molar-refractivity contribution in [3.8, 4) is 17.0 Å². The minimum atomic E-state index is -0.00305. The molecule has 7 nitrogen and oxygen atoms in total. The Morgan fingerprint density at radius 1 is 0.844 bits per heavy atom. The zero-order chi connectivity index (χ0) is 21.8. The fourth-order valence-electron chi connectivity index (χ4n) is 3.91. The first-order valence-electron chi connectivity index (χ1n) is 10.7. The molecule has 2 aromatic heterocycles. The molecule has 0 N–H and O–H groups in total. The van der Waals surface area contributed by atoms with Crippen molar-refractivity contribution >= 4 is 22.5 Å². The SMILES string of the molecule is O=C(COc1cccc2ccccc12)N1CCN(c2ccc(-c3ccncc3)nn2)CC1. The van der Waals surface area contributed by atoms with Crippen LogP contribution >= 0.6 is 0 Å². The molecule has 1 fully saturated rings. The van der Waals surface area contributed by atoms with Crippen LogP contribution in [-0.4, -0.2) is 58.8 Å². The second-order valence-corrected chi connectivity index (χ2v) is 7.65. The van der Waals surface area contributed by atoms with Crippen LogP contribution in [0.15, 0.2) is 79.1 Å². The third-order valence-corrected chi connectivity index (χ3v) is 5.68. The first-order chi connectivity index (χ1) is 15.8. The fraction of sp³-hybridized carbons (Fsp3) is 0.200. The highest BCUT2D eigenvalue weighted by Crippen LogP contribution is 2.25. The number of nitrogens with zero attached hydrogens (tertiary/aromatic N) is 5. The molecule has 1 saturated heterocycles. The largest absolute Gasteiger partial charge is 0.483 e. The highest BCUT2D eigenvalue weighted by atomic mass is 16.5. The van der Waals surface area contributed by atoms with Gasteiger partial charge < -0.3 is 14.5 Å². The Balaban J connectivity index is 1.16. The molecular weight excluding hydrogens is 402 g/mol. The lowest BCUT2D eigenvalue weighted by Crippen LogP contribution is -2.50. The van der Waals surface area contributed by atoms with Crippen molar-refractivity contribution in [1.82, 2.24) is 20.1 Å². The Labute approximate surface area is 186 Å². The predicted octanol–water partition coefficient (Wildman–Crippen LogP) is 3.42. The van der Waals surface area contributed by atoms with Gasteiger partial charge in [-0.05, 0) is 35.7 Å². The maximum atomic E-state index is 12.7. The number of anilines is 1.